The zero-order chi connectivity index (χ0) is 14.3. The van der Waals surface area contributed by atoms with Crippen molar-refractivity contribution in [3.05, 3.63) is 24.4 Å². The van der Waals surface area contributed by atoms with Gasteiger partial charge in [-0.05, 0) is 37.0 Å². The van der Waals surface area contributed by atoms with Crippen molar-refractivity contribution in [3.63, 3.8) is 0 Å². The summed E-state index contributed by atoms with van der Waals surface area (Å²) in [6, 6.07) is 5.08. The van der Waals surface area contributed by atoms with Crippen LogP contribution in [0.1, 0.15) is 12.8 Å². The molecule has 0 atom stereocenters. The number of nitrogen functional groups attached to an aromatic ring is 1. The lowest BCUT2D eigenvalue weighted by molar-refractivity contribution is 0.0453. The highest BCUT2D eigenvalue weighted by Crippen LogP contribution is 2.28. The first-order valence-corrected chi connectivity index (χ1v) is 7.98. The number of fused-ring (bicyclic) bond motifs is 1. The fourth-order valence-corrected chi connectivity index (χ4v) is 3.80. The quantitative estimate of drug-likeness (QED) is 0.626. The Balaban J connectivity index is 1.82. The van der Waals surface area contributed by atoms with Crippen LogP contribution in [0.15, 0.2) is 29.3 Å². The van der Waals surface area contributed by atoms with E-state index in [1.165, 1.54) is 6.20 Å². The number of benzene rings is 1. The molecule has 6 nitrogen and oxygen atoms in total. The van der Waals surface area contributed by atoms with Crippen LogP contribution in [-0.4, -0.2) is 31.2 Å². The van der Waals surface area contributed by atoms with Gasteiger partial charge < -0.3 is 15.8 Å². The number of sulfonamides is 1. The Morgan fingerprint density at radius 1 is 1.40 bits per heavy atom. The number of aliphatic hydroxyl groups excluding tert-OH is 1. The van der Waals surface area contributed by atoms with Crippen LogP contribution in [-0.2, 0) is 10.0 Å². The molecule has 1 aliphatic rings. The maximum Gasteiger partial charge on any atom is 0.242 e. The molecule has 5 N–H and O–H groups in total. The second-order valence-electron chi connectivity index (χ2n) is 5.30. The first-order chi connectivity index (χ1) is 9.45. The molecule has 0 unspecified atom stereocenters. The van der Waals surface area contributed by atoms with Gasteiger partial charge in [-0.3, -0.25) is 0 Å². The van der Waals surface area contributed by atoms with E-state index in [0.717, 1.165) is 0 Å². The molecule has 1 aliphatic carbocycles. The average Bonchev–Trinajstić information content (AvgIpc) is 2.76. The van der Waals surface area contributed by atoms with E-state index < -0.39 is 10.0 Å². The molecule has 1 aromatic carbocycles. The van der Waals surface area contributed by atoms with Crippen LogP contribution in [0.5, 0.6) is 0 Å². The van der Waals surface area contributed by atoms with Gasteiger partial charge in [0.2, 0.25) is 10.0 Å². The van der Waals surface area contributed by atoms with Gasteiger partial charge in [-0.25, -0.2) is 13.1 Å². The highest BCUT2D eigenvalue weighted by Gasteiger charge is 2.29. The number of aromatic nitrogens is 1. The first-order valence-electron chi connectivity index (χ1n) is 6.50. The number of rotatable bonds is 4. The van der Waals surface area contributed by atoms with Crippen LogP contribution in [0, 0.1) is 5.92 Å². The van der Waals surface area contributed by atoms with Crippen molar-refractivity contribution >= 4 is 26.6 Å². The molecule has 1 saturated carbocycles. The summed E-state index contributed by atoms with van der Waals surface area (Å²) in [4.78, 5) is 3.15. The van der Waals surface area contributed by atoms with Crippen molar-refractivity contribution in [1.29, 1.82) is 0 Å². The largest absolute Gasteiger partial charge is 0.399 e. The Bertz CT molecular complexity index is 732. The standard InChI is InChI=1S/C13H17N3O3S/c14-9-1-2-11-12(5-9)15-7-13(11)20(18,19)16-6-8-3-10(17)4-8/h1-2,5,7-8,10,15-17H,3-4,6,14H2. The first kappa shape index (κ1) is 13.4. The van der Waals surface area contributed by atoms with Crippen LogP contribution < -0.4 is 10.5 Å². The van der Waals surface area contributed by atoms with E-state index >= 15 is 0 Å². The van der Waals surface area contributed by atoms with Crippen LogP contribution in [0.4, 0.5) is 5.69 Å². The molecule has 2 aromatic rings. The lowest BCUT2D eigenvalue weighted by Crippen LogP contribution is -2.38. The van der Waals surface area contributed by atoms with Gasteiger partial charge >= 0.3 is 0 Å². The molecule has 0 radical (unpaired) electrons. The zero-order valence-corrected chi connectivity index (χ0v) is 11.7. The predicted octanol–water partition coefficient (Wildman–Crippen LogP) is 0.799. The Hall–Kier alpha value is -1.57. The lowest BCUT2D eigenvalue weighted by atomic mass is 9.83. The van der Waals surface area contributed by atoms with Gasteiger partial charge in [0.25, 0.3) is 0 Å². The molecule has 20 heavy (non-hydrogen) atoms. The molecule has 108 valence electrons. The molecule has 1 fully saturated rings. The van der Waals surface area contributed by atoms with Crippen molar-refractivity contribution in [2.75, 3.05) is 12.3 Å². The van der Waals surface area contributed by atoms with Crippen LogP contribution in [0.25, 0.3) is 10.9 Å². The number of nitrogens with two attached hydrogens (primary N) is 1. The summed E-state index contributed by atoms with van der Waals surface area (Å²) in [5.74, 6) is 0.223. The van der Waals surface area contributed by atoms with Crippen LogP contribution in [0.2, 0.25) is 0 Å². The van der Waals surface area contributed by atoms with E-state index in [1.807, 2.05) is 0 Å². The second kappa shape index (κ2) is 4.76. The highest BCUT2D eigenvalue weighted by molar-refractivity contribution is 7.89. The number of hydrogen-bond donors (Lipinski definition) is 4. The number of aromatic amines is 1. The van der Waals surface area contributed by atoms with Gasteiger partial charge in [0, 0.05) is 29.3 Å². The summed E-state index contributed by atoms with van der Waals surface area (Å²) in [6.07, 6.45) is 2.52. The smallest absolute Gasteiger partial charge is 0.242 e. The lowest BCUT2D eigenvalue weighted by Gasteiger charge is -2.31. The fraction of sp³-hybridized carbons (Fsp3) is 0.385. The summed E-state index contributed by atoms with van der Waals surface area (Å²) in [7, 11) is -3.55. The van der Waals surface area contributed by atoms with E-state index in [2.05, 4.69) is 9.71 Å². The van der Waals surface area contributed by atoms with Gasteiger partial charge in [0.1, 0.15) is 4.90 Å². The molecule has 1 aromatic heterocycles. The van der Waals surface area contributed by atoms with E-state index in [4.69, 9.17) is 5.73 Å². The summed E-state index contributed by atoms with van der Waals surface area (Å²) >= 11 is 0. The maximum absolute atomic E-state index is 12.3. The summed E-state index contributed by atoms with van der Waals surface area (Å²) in [5.41, 5.74) is 6.95. The maximum atomic E-state index is 12.3. The van der Waals surface area contributed by atoms with Crippen molar-refractivity contribution in [2.45, 2.75) is 23.8 Å². The molecular weight excluding hydrogens is 278 g/mol. The number of aliphatic hydroxyl groups is 1. The summed E-state index contributed by atoms with van der Waals surface area (Å²) in [6.45, 7) is 0.362. The van der Waals surface area contributed by atoms with Crippen molar-refractivity contribution < 1.29 is 13.5 Å². The van der Waals surface area contributed by atoms with E-state index in [0.29, 0.717) is 36.0 Å². The van der Waals surface area contributed by atoms with Crippen molar-refractivity contribution in [2.24, 2.45) is 5.92 Å². The van der Waals surface area contributed by atoms with Crippen LogP contribution in [0.3, 0.4) is 0 Å². The minimum Gasteiger partial charge on any atom is -0.399 e. The third kappa shape index (κ3) is 2.39. The third-order valence-corrected chi connectivity index (χ3v) is 5.19. The fourth-order valence-electron chi connectivity index (χ4n) is 2.51. The predicted molar refractivity (Wildman–Crippen MR) is 76.6 cm³/mol. The molecule has 0 bridgehead atoms. The van der Waals surface area contributed by atoms with E-state index in [1.54, 1.807) is 18.2 Å². The normalized spacial score (nSPS) is 22.9. The summed E-state index contributed by atoms with van der Waals surface area (Å²) in [5, 5.41) is 9.83. The van der Waals surface area contributed by atoms with E-state index in [9.17, 15) is 13.5 Å². The molecule has 1 heterocycles. The zero-order valence-electron chi connectivity index (χ0n) is 10.8. The molecule has 3 rings (SSSR count). The van der Waals surface area contributed by atoms with Crippen molar-refractivity contribution in [3.8, 4) is 0 Å². The van der Waals surface area contributed by atoms with Gasteiger partial charge in [-0.1, -0.05) is 0 Å². The number of hydrogen-bond acceptors (Lipinski definition) is 4. The molecule has 7 heteroatoms. The Morgan fingerprint density at radius 3 is 2.85 bits per heavy atom. The average molecular weight is 295 g/mol. The molecule has 0 aliphatic heterocycles. The second-order valence-corrected chi connectivity index (χ2v) is 7.04. The van der Waals surface area contributed by atoms with Gasteiger partial charge in [0.15, 0.2) is 0 Å². The molecule has 0 spiro atoms. The SMILES string of the molecule is Nc1ccc2c(S(=O)(=O)NCC3CC(O)C3)c[nH]c2c1. The Kier molecular flexibility index (Phi) is 3.19. The van der Waals surface area contributed by atoms with Gasteiger partial charge in [0.05, 0.1) is 6.10 Å². The summed E-state index contributed by atoms with van der Waals surface area (Å²) < 4.78 is 27.2. The minimum absolute atomic E-state index is 0.223. The van der Waals surface area contributed by atoms with Crippen molar-refractivity contribution in [1.82, 2.24) is 9.71 Å². The van der Waals surface area contributed by atoms with E-state index in [-0.39, 0.29) is 16.9 Å². The van der Waals surface area contributed by atoms with Crippen LogP contribution >= 0.6 is 0 Å². The number of H-pyrrole nitrogens is 1. The monoisotopic (exact) mass is 295 g/mol. The topological polar surface area (TPSA) is 108 Å². The Morgan fingerprint density at radius 2 is 2.15 bits per heavy atom. The van der Waals surface area contributed by atoms with Gasteiger partial charge in [-0.15, -0.1) is 0 Å². The number of anilines is 1. The molecule has 0 amide bonds. The van der Waals surface area contributed by atoms with Gasteiger partial charge in [-0.2, -0.15) is 0 Å². The number of nitrogens with one attached hydrogen (secondary N) is 2. The molecule has 0 saturated heterocycles. The third-order valence-electron chi connectivity index (χ3n) is 3.73. The minimum atomic E-state index is -3.55. The molecular formula is C13H17N3O3S. The Labute approximate surface area is 117 Å². The highest BCUT2D eigenvalue weighted by atomic mass is 32.2.